The van der Waals surface area contributed by atoms with Gasteiger partial charge in [-0.15, -0.1) is 0 Å². The average Bonchev–Trinajstić information content (AvgIpc) is 2.97. The Morgan fingerprint density at radius 1 is 0.970 bits per heavy atom. The van der Waals surface area contributed by atoms with Crippen LogP contribution in [0.1, 0.15) is 59.6 Å². The standard InChI is InChI=1S/C29H40N2O2/c1-6-21-14-23-9-12-31(20(3)13-24(23)15-22(21)7-2)11-8-10-30-19-26-16-25-17-28(32-4)29(33-5)18-27(25)26/h14-15,17-18,26,30H,3,6-13,16,19H2,1-2,4-5H3/t26-/m1/s1. The number of nitrogens with one attached hydrogen (secondary N) is 1. The summed E-state index contributed by atoms with van der Waals surface area (Å²) >= 11 is 0. The summed E-state index contributed by atoms with van der Waals surface area (Å²) in [4.78, 5) is 2.51. The molecule has 2 aliphatic rings. The third-order valence-corrected chi connectivity index (χ3v) is 7.50. The third kappa shape index (κ3) is 5.06. The van der Waals surface area contributed by atoms with Crippen LogP contribution in [0.5, 0.6) is 11.5 Å². The number of ether oxygens (including phenoxy) is 2. The molecule has 0 unspecified atom stereocenters. The molecule has 4 rings (SSSR count). The maximum absolute atomic E-state index is 5.47. The summed E-state index contributed by atoms with van der Waals surface area (Å²) in [5, 5.41) is 3.68. The highest BCUT2D eigenvalue weighted by atomic mass is 16.5. The number of hydrogen-bond acceptors (Lipinski definition) is 4. The summed E-state index contributed by atoms with van der Waals surface area (Å²) in [6.45, 7) is 13.2. The molecular formula is C29H40N2O2. The molecule has 0 fully saturated rings. The summed E-state index contributed by atoms with van der Waals surface area (Å²) in [5.41, 5.74) is 10.1. The van der Waals surface area contributed by atoms with Crippen LogP contribution in [-0.2, 0) is 32.1 Å². The van der Waals surface area contributed by atoms with Gasteiger partial charge in [-0.25, -0.2) is 0 Å². The Morgan fingerprint density at radius 3 is 2.36 bits per heavy atom. The molecule has 1 heterocycles. The number of methoxy groups -OCH3 is 2. The van der Waals surface area contributed by atoms with Crippen molar-refractivity contribution in [1.82, 2.24) is 10.2 Å². The molecule has 0 saturated carbocycles. The minimum absolute atomic E-state index is 0.572. The Bertz CT molecular complexity index is 998. The van der Waals surface area contributed by atoms with Gasteiger partial charge >= 0.3 is 0 Å². The van der Waals surface area contributed by atoms with Crippen LogP contribution < -0.4 is 14.8 Å². The van der Waals surface area contributed by atoms with E-state index >= 15 is 0 Å². The molecule has 0 bridgehead atoms. The zero-order chi connectivity index (χ0) is 23.4. The van der Waals surface area contributed by atoms with Crippen molar-refractivity contribution in [2.24, 2.45) is 0 Å². The Balaban J connectivity index is 1.24. The number of hydrogen-bond donors (Lipinski definition) is 1. The largest absolute Gasteiger partial charge is 0.493 e. The Morgan fingerprint density at radius 2 is 1.67 bits per heavy atom. The van der Waals surface area contributed by atoms with E-state index in [2.05, 4.69) is 54.9 Å². The second kappa shape index (κ2) is 10.6. The topological polar surface area (TPSA) is 33.7 Å². The molecule has 0 saturated heterocycles. The van der Waals surface area contributed by atoms with Crippen molar-refractivity contribution in [3.05, 3.63) is 69.9 Å². The van der Waals surface area contributed by atoms with Gasteiger partial charge in [-0.05, 0) is 84.2 Å². The SMILES string of the molecule is C=C1Cc2cc(CC)c(CC)cc2CCN1CCCNC[C@H]1Cc2cc(OC)c(OC)cc21. The molecule has 0 amide bonds. The van der Waals surface area contributed by atoms with Crippen molar-refractivity contribution >= 4 is 0 Å². The minimum Gasteiger partial charge on any atom is -0.493 e. The number of aryl methyl sites for hydroxylation is 2. The smallest absolute Gasteiger partial charge is 0.161 e. The van der Waals surface area contributed by atoms with Crippen molar-refractivity contribution in [3.63, 3.8) is 0 Å². The van der Waals surface area contributed by atoms with Crippen molar-refractivity contribution in [1.29, 1.82) is 0 Å². The summed E-state index contributed by atoms with van der Waals surface area (Å²) < 4.78 is 10.9. The predicted octanol–water partition coefficient (Wildman–Crippen LogP) is 5.06. The summed E-state index contributed by atoms with van der Waals surface area (Å²) in [5.74, 6) is 2.24. The Hall–Kier alpha value is -2.46. The second-order valence-electron chi connectivity index (χ2n) is 9.44. The van der Waals surface area contributed by atoms with E-state index in [1.807, 2.05) is 0 Å². The van der Waals surface area contributed by atoms with Crippen LogP contribution in [-0.4, -0.2) is 45.3 Å². The fourth-order valence-corrected chi connectivity index (χ4v) is 5.45. The average molecular weight is 449 g/mol. The lowest BCUT2D eigenvalue weighted by Crippen LogP contribution is -2.32. The van der Waals surface area contributed by atoms with Crippen LogP contribution in [0.3, 0.4) is 0 Å². The highest BCUT2D eigenvalue weighted by Gasteiger charge is 2.28. The van der Waals surface area contributed by atoms with E-state index < -0.39 is 0 Å². The van der Waals surface area contributed by atoms with E-state index in [0.717, 1.165) is 76.2 Å². The van der Waals surface area contributed by atoms with Crippen molar-refractivity contribution < 1.29 is 9.47 Å². The molecule has 0 radical (unpaired) electrons. The monoisotopic (exact) mass is 448 g/mol. The van der Waals surface area contributed by atoms with Gasteiger partial charge in [-0.3, -0.25) is 0 Å². The number of rotatable bonds is 10. The fraction of sp³-hybridized carbons (Fsp3) is 0.517. The van der Waals surface area contributed by atoms with Crippen LogP contribution in [0.15, 0.2) is 36.5 Å². The molecule has 0 aromatic heterocycles. The number of nitrogens with zero attached hydrogens (tertiary/aromatic N) is 1. The summed E-state index contributed by atoms with van der Waals surface area (Å²) in [7, 11) is 3.40. The van der Waals surface area contributed by atoms with E-state index in [4.69, 9.17) is 9.47 Å². The zero-order valence-electron chi connectivity index (χ0n) is 20.9. The molecule has 1 aliphatic carbocycles. The van der Waals surface area contributed by atoms with Gasteiger partial charge in [0, 0.05) is 37.7 Å². The summed E-state index contributed by atoms with van der Waals surface area (Å²) in [6.07, 6.45) is 6.61. The molecule has 2 aromatic rings. The minimum atomic E-state index is 0.572. The second-order valence-corrected chi connectivity index (χ2v) is 9.44. The van der Waals surface area contributed by atoms with Gasteiger partial charge in [-0.2, -0.15) is 0 Å². The fourth-order valence-electron chi connectivity index (χ4n) is 5.45. The first-order valence-electron chi connectivity index (χ1n) is 12.6. The highest BCUT2D eigenvalue weighted by Crippen LogP contribution is 2.42. The molecule has 2 aromatic carbocycles. The van der Waals surface area contributed by atoms with Crippen LogP contribution in [0.4, 0.5) is 0 Å². The maximum atomic E-state index is 5.47. The van der Waals surface area contributed by atoms with Gasteiger partial charge < -0.3 is 19.7 Å². The van der Waals surface area contributed by atoms with E-state index in [9.17, 15) is 0 Å². The molecule has 1 atom stereocenters. The molecule has 1 N–H and O–H groups in total. The first-order valence-corrected chi connectivity index (χ1v) is 12.6. The molecule has 4 nitrogen and oxygen atoms in total. The van der Waals surface area contributed by atoms with Crippen LogP contribution in [0, 0.1) is 0 Å². The van der Waals surface area contributed by atoms with E-state index in [0.29, 0.717) is 5.92 Å². The number of benzene rings is 2. The van der Waals surface area contributed by atoms with Gasteiger partial charge in [0.05, 0.1) is 14.2 Å². The van der Waals surface area contributed by atoms with Crippen molar-refractivity contribution in [2.75, 3.05) is 40.4 Å². The lowest BCUT2D eigenvalue weighted by atomic mass is 9.77. The first-order chi connectivity index (χ1) is 16.1. The number of allylic oxidation sites excluding steroid dienone is 1. The van der Waals surface area contributed by atoms with Crippen LogP contribution in [0.2, 0.25) is 0 Å². The number of fused-ring (bicyclic) bond motifs is 2. The zero-order valence-corrected chi connectivity index (χ0v) is 20.9. The molecule has 33 heavy (non-hydrogen) atoms. The Labute approximate surface area is 200 Å². The van der Waals surface area contributed by atoms with Crippen molar-refractivity contribution in [2.45, 2.75) is 58.3 Å². The van der Waals surface area contributed by atoms with E-state index in [-0.39, 0.29) is 0 Å². The maximum Gasteiger partial charge on any atom is 0.161 e. The molecule has 4 heteroatoms. The molecular weight excluding hydrogens is 408 g/mol. The van der Waals surface area contributed by atoms with Crippen LogP contribution in [0.25, 0.3) is 0 Å². The lowest BCUT2D eigenvalue weighted by molar-refractivity contribution is 0.338. The van der Waals surface area contributed by atoms with Gasteiger partial charge in [0.25, 0.3) is 0 Å². The highest BCUT2D eigenvalue weighted by molar-refractivity contribution is 5.53. The predicted molar refractivity (Wildman–Crippen MR) is 137 cm³/mol. The van der Waals surface area contributed by atoms with Gasteiger partial charge in [0.1, 0.15) is 0 Å². The van der Waals surface area contributed by atoms with Gasteiger partial charge in [0.2, 0.25) is 0 Å². The van der Waals surface area contributed by atoms with E-state index in [1.54, 1.807) is 14.2 Å². The van der Waals surface area contributed by atoms with Gasteiger partial charge in [-0.1, -0.05) is 32.6 Å². The third-order valence-electron chi connectivity index (χ3n) is 7.50. The van der Waals surface area contributed by atoms with Crippen LogP contribution >= 0.6 is 0 Å². The summed E-state index contributed by atoms with van der Waals surface area (Å²) in [6, 6.07) is 9.19. The van der Waals surface area contributed by atoms with Gasteiger partial charge in [0.15, 0.2) is 11.5 Å². The first kappa shape index (κ1) is 23.7. The Kier molecular flexibility index (Phi) is 7.64. The van der Waals surface area contributed by atoms with Crippen molar-refractivity contribution in [3.8, 4) is 11.5 Å². The lowest BCUT2D eigenvalue weighted by Gasteiger charge is -2.32. The molecule has 1 aliphatic heterocycles. The molecule has 178 valence electrons. The molecule has 0 spiro atoms. The normalized spacial score (nSPS) is 17.2. The quantitative estimate of drug-likeness (QED) is 0.515. The van der Waals surface area contributed by atoms with E-state index in [1.165, 1.54) is 39.1 Å².